The van der Waals surface area contributed by atoms with E-state index in [2.05, 4.69) is 10.3 Å². The van der Waals surface area contributed by atoms with E-state index in [1.807, 2.05) is 44.2 Å². The molecule has 1 N–H and O–H groups in total. The number of rotatable bonds is 4. The van der Waals surface area contributed by atoms with E-state index in [9.17, 15) is 4.39 Å². The minimum Gasteiger partial charge on any atom is -0.475 e. The minimum absolute atomic E-state index is 0.0536. The Balaban J connectivity index is 2.03. The van der Waals surface area contributed by atoms with Crippen LogP contribution in [0.4, 0.5) is 15.8 Å². The van der Waals surface area contributed by atoms with E-state index in [4.69, 9.17) is 4.74 Å². The Morgan fingerprint density at radius 3 is 2.64 bits per heavy atom. The Kier molecular flexibility index (Phi) is 3.92. The number of halogens is 1. The smallest absolute Gasteiger partial charge is 0.221 e. The summed E-state index contributed by atoms with van der Waals surface area (Å²) in [6.45, 7) is 3.94. The summed E-state index contributed by atoms with van der Waals surface area (Å²) >= 11 is 0. The first-order chi connectivity index (χ1) is 10.6. The van der Waals surface area contributed by atoms with Gasteiger partial charge in [0.05, 0.1) is 6.10 Å². The summed E-state index contributed by atoms with van der Waals surface area (Å²) in [4.78, 5) is 4.30. The van der Waals surface area contributed by atoms with E-state index < -0.39 is 0 Å². The van der Waals surface area contributed by atoms with Crippen molar-refractivity contribution >= 4 is 22.1 Å². The van der Waals surface area contributed by atoms with Crippen LogP contribution in [0, 0.1) is 5.82 Å². The molecular weight excluding hydrogens is 279 g/mol. The van der Waals surface area contributed by atoms with Gasteiger partial charge in [-0.15, -0.1) is 0 Å². The van der Waals surface area contributed by atoms with Gasteiger partial charge in [-0.05, 0) is 50.2 Å². The molecule has 0 saturated carbocycles. The van der Waals surface area contributed by atoms with Gasteiger partial charge in [0.25, 0.3) is 0 Å². The van der Waals surface area contributed by atoms with Gasteiger partial charge in [-0.25, -0.2) is 9.37 Å². The van der Waals surface area contributed by atoms with Crippen LogP contribution < -0.4 is 10.1 Å². The zero-order chi connectivity index (χ0) is 15.5. The standard InChI is InChI=1S/C18H17FN2O/c1-12(2)22-18-16-7-4-8-17(15(16)9-10-20-18)21-14-6-3-5-13(19)11-14/h3-12,21H,1-2H3. The van der Waals surface area contributed by atoms with Crippen LogP contribution in [0.3, 0.4) is 0 Å². The summed E-state index contributed by atoms with van der Waals surface area (Å²) < 4.78 is 19.1. The van der Waals surface area contributed by atoms with E-state index in [-0.39, 0.29) is 11.9 Å². The maximum Gasteiger partial charge on any atom is 0.221 e. The molecule has 0 bridgehead atoms. The third-order valence-electron chi connectivity index (χ3n) is 3.22. The van der Waals surface area contributed by atoms with Gasteiger partial charge in [0.15, 0.2) is 0 Å². The van der Waals surface area contributed by atoms with Gasteiger partial charge in [0.1, 0.15) is 5.82 Å². The second-order valence-electron chi connectivity index (χ2n) is 5.32. The highest BCUT2D eigenvalue weighted by Crippen LogP contribution is 2.31. The van der Waals surface area contributed by atoms with Crippen molar-refractivity contribution in [3.63, 3.8) is 0 Å². The maximum absolute atomic E-state index is 13.3. The predicted molar refractivity (Wildman–Crippen MR) is 87.2 cm³/mol. The number of fused-ring (bicyclic) bond motifs is 1. The lowest BCUT2D eigenvalue weighted by atomic mass is 10.1. The Labute approximate surface area is 128 Å². The normalized spacial score (nSPS) is 10.9. The molecule has 0 aliphatic heterocycles. The molecule has 3 rings (SSSR count). The summed E-state index contributed by atoms with van der Waals surface area (Å²) in [5.41, 5.74) is 1.59. The summed E-state index contributed by atoms with van der Waals surface area (Å²) in [5, 5.41) is 5.16. The average Bonchev–Trinajstić information content (AvgIpc) is 2.48. The first-order valence-corrected chi connectivity index (χ1v) is 7.20. The SMILES string of the molecule is CC(C)Oc1nccc2c(Nc3cccc(F)c3)cccc12. The maximum atomic E-state index is 13.3. The van der Waals surface area contributed by atoms with Crippen LogP contribution in [-0.4, -0.2) is 11.1 Å². The number of ether oxygens (including phenoxy) is 1. The number of hydrogen-bond donors (Lipinski definition) is 1. The highest BCUT2D eigenvalue weighted by molar-refractivity contribution is 5.97. The molecule has 1 aromatic heterocycles. The van der Waals surface area contributed by atoms with E-state index in [0.717, 1.165) is 16.5 Å². The van der Waals surface area contributed by atoms with Gasteiger partial charge in [-0.2, -0.15) is 0 Å². The molecule has 0 radical (unpaired) electrons. The summed E-state index contributed by atoms with van der Waals surface area (Å²) in [5.74, 6) is 0.339. The highest BCUT2D eigenvalue weighted by atomic mass is 19.1. The van der Waals surface area contributed by atoms with Crippen LogP contribution in [0.1, 0.15) is 13.8 Å². The van der Waals surface area contributed by atoms with E-state index in [1.54, 1.807) is 12.3 Å². The molecule has 1 heterocycles. The number of hydrogen-bond acceptors (Lipinski definition) is 3. The Hall–Kier alpha value is -2.62. The first-order valence-electron chi connectivity index (χ1n) is 7.20. The summed E-state index contributed by atoms with van der Waals surface area (Å²) in [6, 6.07) is 14.2. The molecule has 4 heteroatoms. The number of benzene rings is 2. The molecule has 0 atom stereocenters. The minimum atomic E-state index is -0.268. The molecule has 3 nitrogen and oxygen atoms in total. The molecule has 112 valence electrons. The van der Waals surface area contributed by atoms with Gasteiger partial charge in [0, 0.05) is 28.3 Å². The number of nitrogens with one attached hydrogen (secondary N) is 1. The number of nitrogens with zero attached hydrogens (tertiary/aromatic N) is 1. The van der Waals surface area contributed by atoms with Gasteiger partial charge in [-0.3, -0.25) is 0 Å². The summed E-state index contributed by atoms with van der Waals surface area (Å²) in [7, 11) is 0. The fourth-order valence-corrected chi connectivity index (χ4v) is 2.33. The molecule has 0 aliphatic rings. The molecule has 3 aromatic rings. The molecule has 0 aliphatic carbocycles. The third-order valence-corrected chi connectivity index (χ3v) is 3.22. The molecule has 2 aromatic carbocycles. The van der Waals surface area contributed by atoms with Crippen molar-refractivity contribution in [2.45, 2.75) is 20.0 Å². The van der Waals surface area contributed by atoms with Crippen LogP contribution in [0.2, 0.25) is 0 Å². The number of aromatic nitrogens is 1. The second-order valence-corrected chi connectivity index (χ2v) is 5.32. The second kappa shape index (κ2) is 6.02. The first kappa shape index (κ1) is 14.3. The highest BCUT2D eigenvalue weighted by Gasteiger charge is 2.09. The third kappa shape index (κ3) is 3.01. The molecule has 22 heavy (non-hydrogen) atoms. The predicted octanol–water partition coefficient (Wildman–Crippen LogP) is 4.90. The monoisotopic (exact) mass is 296 g/mol. The Morgan fingerprint density at radius 1 is 1.05 bits per heavy atom. The lowest BCUT2D eigenvalue weighted by Gasteiger charge is -2.14. The molecular formula is C18H17FN2O. The van der Waals surface area contributed by atoms with E-state index in [0.29, 0.717) is 11.6 Å². The van der Waals surface area contributed by atoms with Crippen LogP contribution in [0.5, 0.6) is 5.88 Å². The summed E-state index contributed by atoms with van der Waals surface area (Å²) in [6.07, 6.45) is 1.77. The van der Waals surface area contributed by atoms with Gasteiger partial charge in [-0.1, -0.05) is 12.1 Å². The van der Waals surface area contributed by atoms with Gasteiger partial charge >= 0.3 is 0 Å². The van der Waals surface area contributed by atoms with Crippen molar-refractivity contribution in [2.24, 2.45) is 0 Å². The Morgan fingerprint density at radius 2 is 1.86 bits per heavy atom. The van der Waals surface area contributed by atoms with Crippen molar-refractivity contribution < 1.29 is 9.13 Å². The molecule has 0 amide bonds. The van der Waals surface area contributed by atoms with Crippen molar-refractivity contribution in [1.82, 2.24) is 4.98 Å². The zero-order valence-corrected chi connectivity index (χ0v) is 12.5. The molecule has 0 fully saturated rings. The molecule has 0 saturated heterocycles. The molecule has 0 unspecified atom stereocenters. The van der Waals surface area contributed by atoms with Gasteiger partial charge in [0.2, 0.25) is 5.88 Å². The number of anilines is 2. The van der Waals surface area contributed by atoms with E-state index in [1.165, 1.54) is 12.1 Å². The number of pyridine rings is 1. The van der Waals surface area contributed by atoms with Crippen LogP contribution in [-0.2, 0) is 0 Å². The largest absolute Gasteiger partial charge is 0.475 e. The van der Waals surface area contributed by atoms with Crippen LogP contribution in [0.25, 0.3) is 10.8 Å². The zero-order valence-electron chi connectivity index (χ0n) is 12.5. The fraction of sp³-hybridized carbons (Fsp3) is 0.167. The lowest BCUT2D eigenvalue weighted by Crippen LogP contribution is -2.07. The van der Waals surface area contributed by atoms with Crippen molar-refractivity contribution in [1.29, 1.82) is 0 Å². The fourth-order valence-electron chi connectivity index (χ4n) is 2.33. The quantitative estimate of drug-likeness (QED) is 0.743. The van der Waals surface area contributed by atoms with Crippen molar-refractivity contribution in [3.8, 4) is 5.88 Å². The van der Waals surface area contributed by atoms with Crippen molar-refractivity contribution in [3.05, 3.63) is 60.5 Å². The van der Waals surface area contributed by atoms with Crippen molar-refractivity contribution in [2.75, 3.05) is 5.32 Å². The average molecular weight is 296 g/mol. The van der Waals surface area contributed by atoms with E-state index >= 15 is 0 Å². The lowest BCUT2D eigenvalue weighted by molar-refractivity contribution is 0.236. The van der Waals surface area contributed by atoms with Gasteiger partial charge < -0.3 is 10.1 Å². The Bertz CT molecular complexity index is 802. The van der Waals surface area contributed by atoms with Crippen LogP contribution >= 0.6 is 0 Å². The topological polar surface area (TPSA) is 34.1 Å². The van der Waals surface area contributed by atoms with Crippen LogP contribution in [0.15, 0.2) is 54.7 Å². The molecule has 0 spiro atoms.